The van der Waals surface area contributed by atoms with Gasteiger partial charge in [0.25, 0.3) is 0 Å². The van der Waals surface area contributed by atoms with Gasteiger partial charge in [0.2, 0.25) is 5.91 Å². The molecule has 0 saturated carbocycles. The molecule has 1 amide bonds. The van der Waals surface area contributed by atoms with Gasteiger partial charge in [0.1, 0.15) is 0 Å². The van der Waals surface area contributed by atoms with Crippen LogP contribution in [0.3, 0.4) is 0 Å². The predicted molar refractivity (Wildman–Crippen MR) is 59.4 cm³/mol. The van der Waals surface area contributed by atoms with Crippen molar-refractivity contribution in [3.63, 3.8) is 0 Å². The highest BCUT2D eigenvalue weighted by atomic mass is 16.4. The van der Waals surface area contributed by atoms with Crippen LogP contribution in [0.4, 0.5) is 0 Å². The minimum absolute atomic E-state index is 0.379. The number of carboxylic acids is 2. The summed E-state index contributed by atoms with van der Waals surface area (Å²) in [5.74, 6) is -2.89. The maximum absolute atomic E-state index is 10.4. The van der Waals surface area contributed by atoms with Crippen molar-refractivity contribution in [2.75, 3.05) is 0 Å². The third-order valence-electron chi connectivity index (χ3n) is 1.43. The highest BCUT2D eigenvalue weighted by Gasteiger charge is 1.93. The van der Waals surface area contributed by atoms with Gasteiger partial charge in [0.05, 0.1) is 0 Å². The Morgan fingerprint density at radius 1 is 0.941 bits per heavy atom. The summed E-state index contributed by atoms with van der Waals surface area (Å²) < 4.78 is 0. The van der Waals surface area contributed by atoms with Crippen LogP contribution >= 0.6 is 0 Å². The number of hydrogen-bond acceptors (Lipinski definition) is 3. The van der Waals surface area contributed by atoms with Crippen molar-refractivity contribution >= 4 is 17.8 Å². The molecule has 1 rings (SSSR count). The van der Waals surface area contributed by atoms with Crippen LogP contribution in [0.1, 0.15) is 10.4 Å². The van der Waals surface area contributed by atoms with E-state index in [4.69, 9.17) is 15.9 Å². The smallest absolute Gasteiger partial charge is 0.328 e. The standard InChI is InChI=1S/C7H7NO.C4H4O4/c8-7(9)6-4-2-1-3-5-6;5-3(6)1-2-4(7)8/h1-5H,(H2,8,9);1-2H,(H,5,6)(H,7,8)/b;2-1+. The Labute approximate surface area is 97.0 Å². The summed E-state index contributed by atoms with van der Waals surface area (Å²) >= 11 is 0. The molecule has 1 aromatic rings. The molecule has 0 heterocycles. The molecule has 6 nitrogen and oxygen atoms in total. The quantitative estimate of drug-likeness (QED) is 0.661. The van der Waals surface area contributed by atoms with Crippen molar-refractivity contribution in [3.8, 4) is 0 Å². The Morgan fingerprint density at radius 2 is 1.35 bits per heavy atom. The molecule has 0 aliphatic carbocycles. The molecule has 6 heteroatoms. The summed E-state index contributed by atoms with van der Waals surface area (Å²) in [5.41, 5.74) is 5.53. The van der Waals surface area contributed by atoms with E-state index < -0.39 is 11.9 Å². The van der Waals surface area contributed by atoms with Gasteiger partial charge >= 0.3 is 11.9 Å². The lowest BCUT2D eigenvalue weighted by atomic mass is 10.2. The summed E-state index contributed by atoms with van der Waals surface area (Å²) in [6, 6.07) is 8.76. The summed E-state index contributed by atoms with van der Waals surface area (Å²) in [6.07, 6.45) is 1.12. The highest BCUT2D eigenvalue weighted by Crippen LogP contribution is 1.94. The molecule has 1 aromatic carbocycles. The summed E-state index contributed by atoms with van der Waals surface area (Å²) in [5, 5.41) is 15.6. The molecule has 0 aliphatic heterocycles. The molecule has 0 spiro atoms. The van der Waals surface area contributed by atoms with Crippen LogP contribution in [0, 0.1) is 0 Å². The number of amides is 1. The number of carboxylic acid groups (broad SMARTS) is 2. The number of hydrogen-bond donors (Lipinski definition) is 3. The zero-order chi connectivity index (χ0) is 13.3. The maximum Gasteiger partial charge on any atom is 0.328 e. The van der Waals surface area contributed by atoms with E-state index in [1.165, 1.54) is 0 Å². The number of carbonyl (C=O) groups is 3. The molecule has 0 atom stereocenters. The monoisotopic (exact) mass is 237 g/mol. The average Bonchev–Trinajstić information content (AvgIpc) is 2.28. The van der Waals surface area contributed by atoms with E-state index in [1.54, 1.807) is 24.3 Å². The molecule has 0 aliphatic rings. The average molecular weight is 237 g/mol. The van der Waals surface area contributed by atoms with Gasteiger partial charge in [-0.1, -0.05) is 18.2 Å². The fourth-order valence-corrected chi connectivity index (χ4v) is 0.745. The maximum atomic E-state index is 10.4. The lowest BCUT2D eigenvalue weighted by molar-refractivity contribution is -0.134. The SMILES string of the molecule is NC(=O)c1ccccc1.O=C(O)/C=C/C(=O)O. The van der Waals surface area contributed by atoms with Gasteiger partial charge in [0.15, 0.2) is 0 Å². The summed E-state index contributed by atoms with van der Waals surface area (Å²) in [7, 11) is 0. The van der Waals surface area contributed by atoms with Crippen LogP contribution in [-0.2, 0) is 9.59 Å². The van der Waals surface area contributed by atoms with E-state index in [0.717, 1.165) is 0 Å². The van der Waals surface area contributed by atoms with Gasteiger partial charge < -0.3 is 15.9 Å². The number of benzene rings is 1. The Morgan fingerprint density at radius 3 is 1.59 bits per heavy atom. The third-order valence-corrected chi connectivity index (χ3v) is 1.43. The molecule has 0 radical (unpaired) electrons. The Hall–Kier alpha value is -2.63. The Kier molecular flexibility index (Phi) is 6.45. The van der Waals surface area contributed by atoms with Crippen LogP contribution in [0.25, 0.3) is 0 Å². The molecule has 0 bridgehead atoms. The summed E-state index contributed by atoms with van der Waals surface area (Å²) in [4.78, 5) is 29.5. The van der Waals surface area contributed by atoms with E-state index in [-0.39, 0.29) is 5.91 Å². The molecule has 17 heavy (non-hydrogen) atoms. The number of aliphatic carboxylic acids is 2. The second-order valence-electron chi connectivity index (χ2n) is 2.74. The number of rotatable bonds is 3. The second kappa shape index (κ2) is 7.63. The van der Waals surface area contributed by atoms with Crippen molar-refractivity contribution in [2.24, 2.45) is 5.73 Å². The fraction of sp³-hybridized carbons (Fsp3) is 0. The zero-order valence-corrected chi connectivity index (χ0v) is 8.74. The van der Waals surface area contributed by atoms with Crippen LogP contribution in [0.5, 0.6) is 0 Å². The van der Waals surface area contributed by atoms with E-state index in [0.29, 0.717) is 17.7 Å². The van der Waals surface area contributed by atoms with Gasteiger partial charge in [-0.25, -0.2) is 9.59 Å². The number of primary amides is 1. The molecule has 0 unspecified atom stereocenters. The zero-order valence-electron chi connectivity index (χ0n) is 8.74. The summed E-state index contributed by atoms with van der Waals surface area (Å²) in [6.45, 7) is 0. The minimum Gasteiger partial charge on any atom is -0.478 e. The number of nitrogens with two attached hydrogens (primary N) is 1. The van der Waals surface area contributed by atoms with Gasteiger partial charge in [-0.05, 0) is 12.1 Å². The molecule has 0 aromatic heterocycles. The third kappa shape index (κ3) is 8.37. The van der Waals surface area contributed by atoms with Crippen molar-refractivity contribution in [1.82, 2.24) is 0 Å². The van der Waals surface area contributed by atoms with Crippen molar-refractivity contribution in [2.45, 2.75) is 0 Å². The first-order chi connectivity index (χ1) is 7.93. The van der Waals surface area contributed by atoms with Crippen LogP contribution in [0.15, 0.2) is 42.5 Å². The lowest BCUT2D eigenvalue weighted by Crippen LogP contribution is -2.09. The lowest BCUT2D eigenvalue weighted by Gasteiger charge is -1.89. The molecular formula is C11H11NO5. The van der Waals surface area contributed by atoms with Crippen LogP contribution < -0.4 is 5.73 Å². The van der Waals surface area contributed by atoms with Crippen molar-refractivity contribution in [1.29, 1.82) is 0 Å². The predicted octanol–water partition coefficient (Wildman–Crippen LogP) is 0.497. The first-order valence-corrected chi connectivity index (χ1v) is 4.42. The van der Waals surface area contributed by atoms with Crippen LogP contribution in [0.2, 0.25) is 0 Å². The fourth-order valence-electron chi connectivity index (χ4n) is 0.745. The normalized spacial score (nSPS) is 9.18. The largest absolute Gasteiger partial charge is 0.478 e. The first-order valence-electron chi connectivity index (χ1n) is 4.42. The van der Waals surface area contributed by atoms with Crippen molar-refractivity contribution in [3.05, 3.63) is 48.0 Å². The van der Waals surface area contributed by atoms with Gasteiger partial charge in [-0.3, -0.25) is 4.79 Å². The van der Waals surface area contributed by atoms with Crippen LogP contribution in [-0.4, -0.2) is 28.1 Å². The number of carbonyl (C=O) groups excluding carboxylic acids is 1. The van der Waals surface area contributed by atoms with E-state index >= 15 is 0 Å². The Balaban J connectivity index is 0.000000304. The van der Waals surface area contributed by atoms with Crippen molar-refractivity contribution < 1.29 is 24.6 Å². The van der Waals surface area contributed by atoms with E-state index in [9.17, 15) is 14.4 Å². The topological polar surface area (TPSA) is 118 Å². The van der Waals surface area contributed by atoms with E-state index in [2.05, 4.69) is 0 Å². The second-order valence-corrected chi connectivity index (χ2v) is 2.74. The molecule has 0 saturated heterocycles. The molecule has 90 valence electrons. The molecule has 4 N–H and O–H groups in total. The highest BCUT2D eigenvalue weighted by molar-refractivity contribution is 5.92. The van der Waals surface area contributed by atoms with Gasteiger partial charge in [0, 0.05) is 17.7 Å². The molecule has 0 fully saturated rings. The minimum atomic E-state index is -1.26. The first kappa shape index (κ1) is 14.4. The van der Waals surface area contributed by atoms with Gasteiger partial charge in [-0.2, -0.15) is 0 Å². The molecular weight excluding hydrogens is 226 g/mol. The Bertz CT molecular complexity index is 409. The van der Waals surface area contributed by atoms with E-state index in [1.807, 2.05) is 6.07 Å². The van der Waals surface area contributed by atoms with Gasteiger partial charge in [-0.15, -0.1) is 0 Å².